The molecule has 0 bridgehead atoms. The van der Waals surface area contributed by atoms with E-state index >= 15 is 0 Å². The molecule has 1 heterocycles. The molecule has 1 N–H and O–H groups in total. The number of piperidine rings is 1. The minimum atomic E-state index is -0.296. The van der Waals surface area contributed by atoms with E-state index in [-0.39, 0.29) is 41.1 Å². The van der Waals surface area contributed by atoms with Crippen molar-refractivity contribution in [3.05, 3.63) is 42.0 Å². The van der Waals surface area contributed by atoms with Crippen LogP contribution in [0.3, 0.4) is 0 Å². The zero-order valence-electron chi connectivity index (χ0n) is 28.3. The number of carbonyl (C=O) groups is 3. The maximum absolute atomic E-state index is 13.7. The molecule has 0 amide bonds. The second kappa shape index (κ2) is 19.8. The molecule has 4 unspecified atom stereocenters. The van der Waals surface area contributed by atoms with Crippen LogP contribution >= 0.6 is 0 Å². The zero-order chi connectivity index (χ0) is 31.8. The first-order valence-electron chi connectivity index (χ1n) is 16.5. The lowest BCUT2D eigenvalue weighted by Gasteiger charge is -2.35. The molecule has 1 fully saturated rings. The van der Waals surface area contributed by atoms with Gasteiger partial charge < -0.3 is 15.1 Å². The molecule has 2 rings (SSSR count). The summed E-state index contributed by atoms with van der Waals surface area (Å²) >= 11 is 0. The van der Waals surface area contributed by atoms with E-state index in [2.05, 4.69) is 49.5 Å². The Hall–Kier alpha value is -2.31. The fourth-order valence-corrected chi connectivity index (χ4v) is 5.82. The number of benzene rings is 1. The monoisotopic (exact) mass is 583 g/mol. The van der Waals surface area contributed by atoms with Gasteiger partial charge in [0.25, 0.3) is 0 Å². The Bertz CT molecular complexity index is 983. The van der Waals surface area contributed by atoms with Crippen molar-refractivity contribution in [1.82, 2.24) is 9.80 Å². The molecule has 0 spiro atoms. The van der Waals surface area contributed by atoms with Gasteiger partial charge >= 0.3 is 0 Å². The summed E-state index contributed by atoms with van der Waals surface area (Å²) in [6, 6.07) is 5.88. The molecular formula is C36H61N3O3. The van der Waals surface area contributed by atoms with Crippen molar-refractivity contribution < 1.29 is 14.4 Å². The van der Waals surface area contributed by atoms with Crippen molar-refractivity contribution in [2.45, 2.75) is 100.0 Å². The number of likely N-dealkylation sites (tertiary alicyclic amines) is 1. The van der Waals surface area contributed by atoms with E-state index in [9.17, 15) is 14.4 Å². The first-order valence-corrected chi connectivity index (χ1v) is 16.5. The van der Waals surface area contributed by atoms with Crippen LogP contribution in [-0.4, -0.2) is 73.0 Å². The van der Waals surface area contributed by atoms with Crippen LogP contribution in [0.2, 0.25) is 0 Å². The molecule has 238 valence electrons. The summed E-state index contributed by atoms with van der Waals surface area (Å²) < 4.78 is 0. The van der Waals surface area contributed by atoms with E-state index in [0.29, 0.717) is 36.3 Å². The predicted molar refractivity (Wildman–Crippen MR) is 179 cm³/mol. The van der Waals surface area contributed by atoms with Crippen molar-refractivity contribution >= 4 is 23.0 Å². The summed E-state index contributed by atoms with van der Waals surface area (Å²) in [4.78, 5) is 43.4. The van der Waals surface area contributed by atoms with Gasteiger partial charge in [0.1, 0.15) is 5.78 Å². The number of anilines is 1. The molecule has 0 saturated carbocycles. The molecule has 4 atom stereocenters. The molecule has 1 aliphatic heterocycles. The maximum Gasteiger partial charge on any atom is 0.166 e. The molecule has 1 aliphatic rings. The highest BCUT2D eigenvalue weighted by Gasteiger charge is 2.30. The van der Waals surface area contributed by atoms with Crippen LogP contribution in [0.1, 0.15) is 115 Å². The number of nitrogens with one attached hydrogen (secondary N) is 1. The topological polar surface area (TPSA) is 69.7 Å². The van der Waals surface area contributed by atoms with Gasteiger partial charge in [0.15, 0.2) is 11.6 Å². The van der Waals surface area contributed by atoms with E-state index < -0.39 is 0 Å². The van der Waals surface area contributed by atoms with Crippen LogP contribution in [0, 0.1) is 23.7 Å². The van der Waals surface area contributed by atoms with Crippen molar-refractivity contribution in [1.29, 1.82) is 0 Å². The van der Waals surface area contributed by atoms with Crippen LogP contribution in [0.15, 0.2) is 30.9 Å². The van der Waals surface area contributed by atoms with Crippen LogP contribution in [0.4, 0.5) is 5.69 Å². The van der Waals surface area contributed by atoms with Gasteiger partial charge in [-0.1, -0.05) is 66.7 Å². The quantitative estimate of drug-likeness (QED) is 0.141. The predicted octanol–water partition coefficient (Wildman–Crippen LogP) is 7.79. The average Bonchev–Trinajstić information content (AvgIpc) is 3.00. The van der Waals surface area contributed by atoms with Crippen molar-refractivity contribution in [2.75, 3.05) is 45.1 Å². The van der Waals surface area contributed by atoms with Gasteiger partial charge in [0.05, 0.1) is 5.56 Å². The fourth-order valence-electron chi connectivity index (χ4n) is 5.82. The van der Waals surface area contributed by atoms with E-state index in [1.54, 1.807) is 13.0 Å². The number of nitrogens with zero attached hydrogens (tertiary/aromatic N) is 2. The summed E-state index contributed by atoms with van der Waals surface area (Å²) in [5.74, 6) is 0.571. The Morgan fingerprint density at radius 1 is 1.10 bits per heavy atom. The Balaban J connectivity index is 0.00000431. The lowest BCUT2D eigenvalue weighted by atomic mass is 9.77. The number of hydrogen-bond acceptors (Lipinski definition) is 6. The summed E-state index contributed by atoms with van der Waals surface area (Å²) in [7, 11) is 2.18. The number of ketones is 3. The number of hydrogen-bond donors (Lipinski definition) is 1. The minimum Gasteiger partial charge on any atom is -0.382 e. The number of Topliss-reactive ketones (excluding diaryl/α,β-unsaturated/α-hetero) is 3. The minimum absolute atomic E-state index is 0.0140. The second-order valence-electron chi connectivity index (χ2n) is 12.1. The molecule has 6 nitrogen and oxygen atoms in total. The Labute approximate surface area is 257 Å². The first-order chi connectivity index (χ1) is 20.0. The lowest BCUT2D eigenvalue weighted by molar-refractivity contribution is -0.119. The van der Waals surface area contributed by atoms with Crippen LogP contribution in [-0.2, 0) is 4.79 Å². The number of rotatable bonds is 18. The van der Waals surface area contributed by atoms with Crippen LogP contribution in [0.25, 0.3) is 0 Å². The normalized spacial score (nSPS) is 17.0. The van der Waals surface area contributed by atoms with E-state index in [4.69, 9.17) is 0 Å². The SMILES string of the molecule is C=CC(CCC(=O)CC)C(C)C(C)C(=O)c1cccc(NC2CCN(CC(C)CCN(C)CC)CC2)c1C(C)=O.CC. The van der Waals surface area contributed by atoms with Gasteiger partial charge in [0, 0.05) is 55.7 Å². The molecule has 1 aromatic rings. The standard InChI is InChI=1S/C34H55N3O3.C2H6/c1-9-28(15-16-30(39)10-2)25(5)26(6)34(40)31-13-12-14-32(33(31)27(7)38)35-29-18-21-37(22-19-29)23-24(4)17-20-36(8)11-3;1-2/h9,12-14,24-26,28-29,35H,1,10-11,15-23H2,2-8H3;1-2H3. The molecule has 6 heteroatoms. The van der Waals surface area contributed by atoms with Gasteiger partial charge in [-0.3, -0.25) is 14.4 Å². The van der Waals surface area contributed by atoms with E-state index in [1.807, 2.05) is 45.9 Å². The highest BCUT2D eigenvalue weighted by molar-refractivity contribution is 6.12. The summed E-state index contributed by atoms with van der Waals surface area (Å²) in [6.45, 7) is 25.4. The van der Waals surface area contributed by atoms with Gasteiger partial charge in [0.2, 0.25) is 0 Å². The summed E-state index contributed by atoms with van der Waals surface area (Å²) in [6.07, 6.45) is 6.85. The Morgan fingerprint density at radius 3 is 2.29 bits per heavy atom. The summed E-state index contributed by atoms with van der Waals surface area (Å²) in [5, 5.41) is 3.63. The molecule has 0 radical (unpaired) electrons. The smallest absolute Gasteiger partial charge is 0.166 e. The average molecular weight is 584 g/mol. The molecule has 1 aromatic carbocycles. The molecular weight excluding hydrogens is 522 g/mol. The maximum atomic E-state index is 13.7. The summed E-state index contributed by atoms with van der Waals surface area (Å²) in [5.41, 5.74) is 1.76. The van der Waals surface area contributed by atoms with Gasteiger partial charge in [-0.25, -0.2) is 0 Å². The van der Waals surface area contributed by atoms with Crippen molar-refractivity contribution in [3.63, 3.8) is 0 Å². The van der Waals surface area contributed by atoms with Crippen molar-refractivity contribution in [2.24, 2.45) is 23.7 Å². The molecule has 0 aliphatic carbocycles. The molecule has 42 heavy (non-hydrogen) atoms. The number of carbonyl (C=O) groups excluding carboxylic acids is 3. The van der Waals surface area contributed by atoms with Crippen LogP contribution in [0.5, 0.6) is 0 Å². The highest BCUT2D eigenvalue weighted by Crippen LogP contribution is 2.32. The van der Waals surface area contributed by atoms with E-state index in [0.717, 1.165) is 51.3 Å². The Kier molecular flexibility index (Phi) is 17.8. The highest BCUT2D eigenvalue weighted by atomic mass is 16.1. The number of allylic oxidation sites excluding steroid dienone is 1. The molecule has 1 saturated heterocycles. The third kappa shape index (κ3) is 11.8. The van der Waals surface area contributed by atoms with Gasteiger partial charge in [-0.05, 0) is 76.6 Å². The van der Waals surface area contributed by atoms with Gasteiger partial charge in [-0.2, -0.15) is 0 Å². The zero-order valence-corrected chi connectivity index (χ0v) is 28.3. The Morgan fingerprint density at radius 2 is 1.74 bits per heavy atom. The molecule has 0 aromatic heterocycles. The largest absolute Gasteiger partial charge is 0.382 e. The second-order valence-corrected chi connectivity index (χ2v) is 12.1. The third-order valence-corrected chi connectivity index (χ3v) is 9.07. The van der Waals surface area contributed by atoms with Crippen molar-refractivity contribution in [3.8, 4) is 0 Å². The fraction of sp³-hybridized carbons (Fsp3) is 0.694. The lowest BCUT2D eigenvalue weighted by Crippen LogP contribution is -2.41. The first kappa shape index (κ1) is 37.7. The van der Waals surface area contributed by atoms with Crippen LogP contribution < -0.4 is 5.32 Å². The third-order valence-electron chi connectivity index (χ3n) is 9.07. The van der Waals surface area contributed by atoms with Gasteiger partial charge in [-0.15, -0.1) is 6.58 Å². The van der Waals surface area contributed by atoms with E-state index in [1.165, 1.54) is 6.42 Å².